The van der Waals surface area contributed by atoms with Crippen molar-refractivity contribution in [3.63, 3.8) is 0 Å². The lowest BCUT2D eigenvalue weighted by molar-refractivity contribution is -0.116. The number of anilines is 1. The molecule has 0 spiro atoms. The van der Waals surface area contributed by atoms with Crippen LogP contribution in [0.1, 0.15) is 45.6 Å². The number of nitrogens with one attached hydrogen (secondary N) is 1. The molecule has 1 fully saturated rings. The Bertz CT molecular complexity index is 1070. The number of hydrogen-bond acceptors (Lipinski definition) is 5. The highest BCUT2D eigenvalue weighted by Crippen LogP contribution is 2.37. The largest absolute Gasteiger partial charge is 0.336 e. The maximum atomic E-state index is 12.7. The molecule has 1 aromatic heterocycles. The van der Waals surface area contributed by atoms with E-state index in [1.807, 2.05) is 0 Å². The first-order chi connectivity index (χ1) is 15.5. The van der Waals surface area contributed by atoms with Gasteiger partial charge in [-0.1, -0.05) is 23.2 Å². The van der Waals surface area contributed by atoms with Crippen molar-refractivity contribution in [3.05, 3.63) is 49.8 Å². The number of nitrogens with zero attached hydrogens (tertiary/aromatic N) is 3. The van der Waals surface area contributed by atoms with Gasteiger partial charge in [-0.2, -0.15) is 5.26 Å². The molecule has 168 valence electrons. The summed E-state index contributed by atoms with van der Waals surface area (Å²) in [6, 6.07) is 7.18. The summed E-state index contributed by atoms with van der Waals surface area (Å²) in [7, 11) is 0. The first-order valence-electron chi connectivity index (χ1n) is 10.8. The van der Waals surface area contributed by atoms with Crippen LogP contribution in [-0.2, 0) is 17.6 Å². The number of amides is 2. The normalized spacial score (nSPS) is 16.3. The maximum absolute atomic E-state index is 12.7. The van der Waals surface area contributed by atoms with Crippen molar-refractivity contribution in [1.82, 2.24) is 9.80 Å². The Morgan fingerprint density at radius 3 is 2.59 bits per heavy atom. The van der Waals surface area contributed by atoms with Gasteiger partial charge >= 0.3 is 0 Å². The Morgan fingerprint density at radius 1 is 1.12 bits per heavy atom. The number of benzene rings is 1. The minimum atomic E-state index is -0.102. The number of halogens is 2. The Hall–Kier alpha value is -2.11. The summed E-state index contributed by atoms with van der Waals surface area (Å²) < 4.78 is 0. The highest BCUT2D eigenvalue weighted by Gasteiger charge is 2.25. The second kappa shape index (κ2) is 10.2. The molecule has 2 amide bonds. The molecule has 1 aliphatic carbocycles. The van der Waals surface area contributed by atoms with E-state index in [0.717, 1.165) is 31.2 Å². The van der Waals surface area contributed by atoms with Gasteiger partial charge in [-0.05, 0) is 49.4 Å². The average Bonchev–Trinajstić information content (AvgIpc) is 3.14. The number of piperazine rings is 1. The van der Waals surface area contributed by atoms with Crippen molar-refractivity contribution in [2.45, 2.75) is 32.1 Å². The van der Waals surface area contributed by atoms with Gasteiger partial charge in [0.15, 0.2) is 0 Å². The van der Waals surface area contributed by atoms with Crippen LogP contribution in [0.25, 0.3) is 0 Å². The fourth-order valence-electron chi connectivity index (χ4n) is 4.23. The van der Waals surface area contributed by atoms with Crippen LogP contribution >= 0.6 is 34.5 Å². The van der Waals surface area contributed by atoms with E-state index in [2.05, 4.69) is 16.3 Å². The highest BCUT2D eigenvalue weighted by molar-refractivity contribution is 7.16. The van der Waals surface area contributed by atoms with Gasteiger partial charge in [0, 0.05) is 49.0 Å². The minimum Gasteiger partial charge on any atom is -0.336 e. The molecule has 1 saturated heterocycles. The van der Waals surface area contributed by atoms with Crippen LogP contribution in [0.5, 0.6) is 0 Å². The van der Waals surface area contributed by atoms with E-state index >= 15 is 0 Å². The van der Waals surface area contributed by atoms with E-state index in [0.29, 0.717) is 65.3 Å². The predicted octanol–water partition coefficient (Wildman–Crippen LogP) is 4.59. The zero-order chi connectivity index (χ0) is 22.7. The van der Waals surface area contributed by atoms with Gasteiger partial charge in [0.05, 0.1) is 16.1 Å². The Balaban J connectivity index is 1.26. The molecule has 1 aliphatic heterocycles. The molecule has 0 radical (unpaired) electrons. The van der Waals surface area contributed by atoms with Gasteiger partial charge in [-0.3, -0.25) is 14.5 Å². The summed E-state index contributed by atoms with van der Waals surface area (Å²) in [4.78, 5) is 30.5. The lowest BCUT2D eigenvalue weighted by Gasteiger charge is -2.34. The van der Waals surface area contributed by atoms with Gasteiger partial charge in [-0.25, -0.2) is 0 Å². The number of fused-ring (bicyclic) bond motifs is 1. The van der Waals surface area contributed by atoms with Gasteiger partial charge in [0.2, 0.25) is 5.91 Å². The second-order valence-electron chi connectivity index (χ2n) is 8.08. The number of nitriles is 1. The molecule has 1 aromatic carbocycles. The van der Waals surface area contributed by atoms with Crippen molar-refractivity contribution in [1.29, 1.82) is 5.26 Å². The number of hydrogen-bond donors (Lipinski definition) is 1. The Morgan fingerprint density at radius 2 is 1.88 bits per heavy atom. The van der Waals surface area contributed by atoms with Crippen LogP contribution < -0.4 is 5.32 Å². The highest BCUT2D eigenvalue weighted by atomic mass is 35.5. The van der Waals surface area contributed by atoms with E-state index < -0.39 is 0 Å². The number of aryl methyl sites for hydroxylation is 1. The van der Waals surface area contributed by atoms with Gasteiger partial charge < -0.3 is 10.2 Å². The quantitative estimate of drug-likeness (QED) is 0.664. The molecule has 2 heterocycles. The van der Waals surface area contributed by atoms with Crippen LogP contribution in [0.4, 0.5) is 5.00 Å². The minimum absolute atomic E-state index is 0.0773. The standard InChI is InChI=1S/C23H24Cl2N4O2S/c24-15-5-6-17(19(25)13-15)23(31)29-11-9-28(10-12-29)8-7-21(30)27-22-18(14-26)16-3-1-2-4-20(16)32-22/h5-6,13H,1-4,7-12H2,(H,27,30). The summed E-state index contributed by atoms with van der Waals surface area (Å²) in [5.74, 6) is -0.179. The van der Waals surface area contributed by atoms with E-state index in [1.54, 1.807) is 34.4 Å². The van der Waals surface area contributed by atoms with Crippen molar-refractivity contribution in [2.24, 2.45) is 0 Å². The van der Waals surface area contributed by atoms with Crippen molar-refractivity contribution >= 4 is 51.4 Å². The summed E-state index contributed by atoms with van der Waals surface area (Å²) in [5, 5.41) is 14.0. The third kappa shape index (κ3) is 5.10. The second-order valence-corrected chi connectivity index (χ2v) is 10.0. The average molecular weight is 491 g/mol. The number of carbonyl (C=O) groups is 2. The third-order valence-corrected chi connectivity index (χ3v) is 7.77. The van der Waals surface area contributed by atoms with Crippen molar-refractivity contribution in [2.75, 3.05) is 38.0 Å². The van der Waals surface area contributed by atoms with Crippen LogP contribution in [0.2, 0.25) is 10.0 Å². The van der Waals surface area contributed by atoms with E-state index in [1.165, 1.54) is 4.88 Å². The lowest BCUT2D eigenvalue weighted by atomic mass is 9.96. The predicted molar refractivity (Wildman–Crippen MR) is 128 cm³/mol. The molecule has 2 aromatic rings. The van der Waals surface area contributed by atoms with Crippen LogP contribution in [0, 0.1) is 11.3 Å². The number of carbonyl (C=O) groups excluding carboxylic acids is 2. The Labute approximate surface area is 201 Å². The van der Waals surface area contributed by atoms with E-state index in [4.69, 9.17) is 23.2 Å². The molecule has 1 N–H and O–H groups in total. The van der Waals surface area contributed by atoms with Gasteiger partial charge in [0.1, 0.15) is 11.1 Å². The summed E-state index contributed by atoms with van der Waals surface area (Å²) in [6.45, 7) is 3.16. The van der Waals surface area contributed by atoms with E-state index in [-0.39, 0.29) is 11.8 Å². The maximum Gasteiger partial charge on any atom is 0.255 e. The molecule has 9 heteroatoms. The molecular weight excluding hydrogens is 467 g/mol. The summed E-state index contributed by atoms with van der Waals surface area (Å²) in [5.41, 5.74) is 2.22. The molecule has 0 saturated carbocycles. The summed E-state index contributed by atoms with van der Waals surface area (Å²) in [6.07, 6.45) is 4.52. The fourth-order valence-corrected chi connectivity index (χ4v) is 5.97. The lowest BCUT2D eigenvalue weighted by Crippen LogP contribution is -2.49. The molecule has 4 rings (SSSR count). The fraction of sp³-hybridized carbons (Fsp3) is 0.435. The first kappa shape index (κ1) is 23.1. The van der Waals surface area contributed by atoms with Crippen molar-refractivity contribution < 1.29 is 9.59 Å². The van der Waals surface area contributed by atoms with Crippen LogP contribution in [-0.4, -0.2) is 54.3 Å². The monoisotopic (exact) mass is 490 g/mol. The third-order valence-electron chi connectivity index (χ3n) is 6.01. The smallest absolute Gasteiger partial charge is 0.255 e. The molecule has 2 aliphatic rings. The summed E-state index contributed by atoms with van der Waals surface area (Å²) >= 11 is 13.6. The Kier molecular flexibility index (Phi) is 7.37. The number of rotatable bonds is 5. The SMILES string of the molecule is N#Cc1c(NC(=O)CCN2CCN(C(=O)c3ccc(Cl)cc3Cl)CC2)sc2c1CCCC2. The first-order valence-corrected chi connectivity index (χ1v) is 12.3. The van der Waals surface area contributed by atoms with Gasteiger partial charge in [0.25, 0.3) is 5.91 Å². The van der Waals surface area contributed by atoms with Crippen molar-refractivity contribution in [3.8, 4) is 6.07 Å². The topological polar surface area (TPSA) is 76.4 Å². The molecule has 0 bridgehead atoms. The zero-order valence-corrected chi connectivity index (χ0v) is 20.0. The van der Waals surface area contributed by atoms with Crippen LogP contribution in [0.15, 0.2) is 18.2 Å². The molecule has 0 atom stereocenters. The molecule has 0 unspecified atom stereocenters. The molecule has 6 nitrogen and oxygen atoms in total. The van der Waals surface area contributed by atoms with Crippen LogP contribution in [0.3, 0.4) is 0 Å². The molecular formula is C23H24Cl2N4O2S. The van der Waals surface area contributed by atoms with Gasteiger partial charge in [-0.15, -0.1) is 11.3 Å². The van der Waals surface area contributed by atoms with E-state index in [9.17, 15) is 14.9 Å². The zero-order valence-electron chi connectivity index (χ0n) is 17.6. The molecule has 32 heavy (non-hydrogen) atoms. The number of thiophene rings is 1.